The molecular formula is C18H25BrN2OS. The summed E-state index contributed by atoms with van der Waals surface area (Å²) >= 11 is 5.28. The number of nitrogens with one attached hydrogen (secondary N) is 1. The van der Waals surface area contributed by atoms with Gasteiger partial charge in [0.1, 0.15) is 0 Å². The lowest BCUT2D eigenvalue weighted by Gasteiger charge is -2.45. The molecule has 0 radical (unpaired) electrons. The van der Waals surface area contributed by atoms with E-state index in [4.69, 9.17) is 5.73 Å². The highest BCUT2D eigenvalue weighted by Crippen LogP contribution is 2.39. The first-order valence-corrected chi connectivity index (χ1v) is 10.3. The Balaban J connectivity index is 1.47. The molecule has 2 atom stereocenters. The number of carbonyl (C=O) groups excluding carboxylic acids is 1. The minimum atomic E-state index is 0.196. The summed E-state index contributed by atoms with van der Waals surface area (Å²) in [6, 6.07) is 8.86. The van der Waals surface area contributed by atoms with Gasteiger partial charge in [-0.25, -0.2) is 0 Å². The molecule has 2 aliphatic carbocycles. The van der Waals surface area contributed by atoms with Gasteiger partial charge >= 0.3 is 0 Å². The van der Waals surface area contributed by atoms with Gasteiger partial charge in [-0.2, -0.15) is 0 Å². The number of thioether (sulfide) groups is 1. The summed E-state index contributed by atoms with van der Waals surface area (Å²) in [7, 11) is 0. The van der Waals surface area contributed by atoms with Crippen LogP contribution in [0, 0.1) is 11.8 Å². The van der Waals surface area contributed by atoms with Gasteiger partial charge in [-0.1, -0.05) is 18.6 Å². The molecule has 3 rings (SSSR count). The Labute approximate surface area is 151 Å². The number of benzene rings is 1. The molecule has 23 heavy (non-hydrogen) atoms. The van der Waals surface area contributed by atoms with Gasteiger partial charge in [-0.05, 0) is 65.6 Å². The molecule has 0 aliphatic heterocycles. The van der Waals surface area contributed by atoms with Crippen LogP contribution in [0.5, 0.6) is 0 Å². The highest BCUT2D eigenvalue weighted by molar-refractivity contribution is 9.10. The molecule has 2 unspecified atom stereocenters. The summed E-state index contributed by atoms with van der Waals surface area (Å²) in [5.41, 5.74) is 6.16. The maximum absolute atomic E-state index is 12.3. The molecule has 1 amide bonds. The Hall–Kier alpha value is -0.520. The van der Waals surface area contributed by atoms with Crippen molar-refractivity contribution in [1.82, 2.24) is 5.32 Å². The van der Waals surface area contributed by atoms with Crippen LogP contribution >= 0.6 is 27.7 Å². The summed E-state index contributed by atoms with van der Waals surface area (Å²) in [5.74, 6) is 2.20. The van der Waals surface area contributed by atoms with Crippen molar-refractivity contribution < 1.29 is 4.79 Å². The smallest absolute Gasteiger partial charge is 0.221 e. The first kappa shape index (κ1) is 17.3. The SMILES string of the molecule is NC1CC2CCCC(C1)C2NC(=O)CCSc1ccccc1Br. The Bertz CT molecular complexity index is 540. The van der Waals surface area contributed by atoms with Gasteiger partial charge < -0.3 is 11.1 Å². The van der Waals surface area contributed by atoms with Gasteiger partial charge in [0.25, 0.3) is 0 Å². The fourth-order valence-electron chi connectivity index (χ4n) is 4.10. The van der Waals surface area contributed by atoms with Crippen LogP contribution in [0.4, 0.5) is 0 Å². The van der Waals surface area contributed by atoms with Crippen molar-refractivity contribution in [3.8, 4) is 0 Å². The lowest BCUT2D eigenvalue weighted by atomic mass is 9.67. The fraction of sp³-hybridized carbons (Fsp3) is 0.611. The molecule has 2 fully saturated rings. The van der Waals surface area contributed by atoms with E-state index in [0.717, 1.165) is 23.1 Å². The van der Waals surface area contributed by atoms with Crippen molar-refractivity contribution in [2.24, 2.45) is 17.6 Å². The van der Waals surface area contributed by atoms with Crippen molar-refractivity contribution in [2.45, 2.75) is 55.5 Å². The first-order valence-electron chi connectivity index (χ1n) is 8.55. The molecular weight excluding hydrogens is 372 g/mol. The van der Waals surface area contributed by atoms with E-state index in [1.807, 2.05) is 18.2 Å². The molecule has 2 aliphatic rings. The van der Waals surface area contributed by atoms with Crippen LogP contribution in [0.3, 0.4) is 0 Å². The third kappa shape index (κ3) is 4.52. The number of hydrogen-bond acceptors (Lipinski definition) is 3. The third-order valence-electron chi connectivity index (χ3n) is 5.13. The molecule has 5 heteroatoms. The molecule has 0 spiro atoms. The highest BCUT2D eigenvalue weighted by atomic mass is 79.9. The predicted octanol–water partition coefficient (Wildman–Crippen LogP) is 3.95. The molecule has 0 aromatic heterocycles. The van der Waals surface area contributed by atoms with Crippen LogP contribution in [0.25, 0.3) is 0 Å². The third-order valence-corrected chi connectivity index (χ3v) is 7.16. The highest BCUT2D eigenvalue weighted by Gasteiger charge is 2.39. The average molecular weight is 397 g/mol. The number of amides is 1. The van der Waals surface area contributed by atoms with Crippen LogP contribution in [-0.4, -0.2) is 23.7 Å². The zero-order valence-electron chi connectivity index (χ0n) is 13.3. The number of hydrogen-bond donors (Lipinski definition) is 2. The zero-order chi connectivity index (χ0) is 16.2. The van der Waals surface area contributed by atoms with Crippen LogP contribution in [0.15, 0.2) is 33.6 Å². The minimum Gasteiger partial charge on any atom is -0.353 e. The monoisotopic (exact) mass is 396 g/mol. The van der Waals surface area contributed by atoms with Crippen LogP contribution in [0.2, 0.25) is 0 Å². The Morgan fingerprint density at radius 2 is 1.96 bits per heavy atom. The van der Waals surface area contributed by atoms with Crippen LogP contribution in [-0.2, 0) is 4.79 Å². The second-order valence-electron chi connectivity index (χ2n) is 6.80. The van der Waals surface area contributed by atoms with Gasteiger partial charge in [0.2, 0.25) is 5.91 Å². The summed E-state index contributed by atoms with van der Waals surface area (Å²) < 4.78 is 1.10. The second kappa shape index (κ2) is 8.04. The van der Waals surface area contributed by atoms with E-state index >= 15 is 0 Å². The molecule has 2 saturated carbocycles. The van der Waals surface area contributed by atoms with Gasteiger partial charge in [0.15, 0.2) is 0 Å². The maximum atomic E-state index is 12.3. The lowest BCUT2D eigenvalue weighted by molar-refractivity contribution is -0.123. The molecule has 126 valence electrons. The van der Waals surface area contributed by atoms with Gasteiger partial charge in [-0.15, -0.1) is 11.8 Å². The van der Waals surface area contributed by atoms with Crippen LogP contribution in [0.1, 0.15) is 38.5 Å². The van der Waals surface area contributed by atoms with E-state index in [-0.39, 0.29) is 5.91 Å². The van der Waals surface area contributed by atoms with E-state index < -0.39 is 0 Å². The fourth-order valence-corrected chi connectivity index (χ4v) is 5.61. The normalized spacial score (nSPS) is 30.0. The van der Waals surface area contributed by atoms with Gasteiger partial charge in [0.05, 0.1) is 0 Å². The summed E-state index contributed by atoms with van der Waals surface area (Å²) in [6.45, 7) is 0. The molecule has 1 aromatic carbocycles. The van der Waals surface area contributed by atoms with Crippen LogP contribution < -0.4 is 11.1 Å². The number of carbonyl (C=O) groups is 1. The summed E-state index contributed by atoms with van der Waals surface area (Å²) in [4.78, 5) is 13.5. The van der Waals surface area contributed by atoms with Crippen molar-refractivity contribution in [2.75, 3.05) is 5.75 Å². The number of halogens is 1. The van der Waals surface area contributed by atoms with Gasteiger partial charge in [0, 0.05) is 33.6 Å². The van der Waals surface area contributed by atoms with Crippen molar-refractivity contribution in [3.63, 3.8) is 0 Å². The lowest BCUT2D eigenvalue weighted by Crippen LogP contribution is -2.53. The number of nitrogens with two attached hydrogens (primary N) is 1. The minimum absolute atomic E-state index is 0.196. The Morgan fingerprint density at radius 1 is 1.26 bits per heavy atom. The van der Waals surface area contributed by atoms with E-state index in [2.05, 4.69) is 27.3 Å². The summed E-state index contributed by atoms with van der Waals surface area (Å²) in [6.07, 6.45) is 6.47. The first-order chi connectivity index (χ1) is 11.1. The molecule has 0 saturated heterocycles. The Morgan fingerprint density at radius 3 is 2.65 bits per heavy atom. The van der Waals surface area contributed by atoms with Crippen molar-refractivity contribution >= 4 is 33.6 Å². The molecule has 2 bridgehead atoms. The largest absolute Gasteiger partial charge is 0.353 e. The zero-order valence-corrected chi connectivity index (χ0v) is 15.7. The number of rotatable bonds is 5. The quantitative estimate of drug-likeness (QED) is 0.740. The predicted molar refractivity (Wildman–Crippen MR) is 99.5 cm³/mol. The molecule has 1 aromatic rings. The maximum Gasteiger partial charge on any atom is 0.221 e. The topological polar surface area (TPSA) is 55.1 Å². The molecule has 3 nitrogen and oxygen atoms in total. The Kier molecular flexibility index (Phi) is 6.05. The molecule has 0 heterocycles. The van der Waals surface area contributed by atoms with E-state index in [9.17, 15) is 4.79 Å². The van der Waals surface area contributed by atoms with E-state index in [0.29, 0.717) is 30.3 Å². The standard InChI is InChI=1S/C18H25BrN2OS/c19-15-6-1-2-7-16(15)23-9-8-17(22)21-18-12-4-3-5-13(18)11-14(20)10-12/h1-2,6-7,12-14,18H,3-5,8-11,20H2,(H,21,22). The second-order valence-corrected chi connectivity index (χ2v) is 8.80. The van der Waals surface area contributed by atoms with Crippen molar-refractivity contribution in [3.05, 3.63) is 28.7 Å². The van der Waals surface area contributed by atoms with Gasteiger partial charge in [-0.3, -0.25) is 4.79 Å². The average Bonchev–Trinajstić information content (AvgIpc) is 2.50. The number of fused-ring (bicyclic) bond motifs is 2. The van der Waals surface area contributed by atoms with E-state index in [1.54, 1.807) is 11.8 Å². The summed E-state index contributed by atoms with van der Waals surface area (Å²) in [5, 5.41) is 3.32. The van der Waals surface area contributed by atoms with E-state index in [1.165, 1.54) is 24.2 Å². The molecule has 3 N–H and O–H groups in total. The van der Waals surface area contributed by atoms with Crippen molar-refractivity contribution in [1.29, 1.82) is 0 Å².